The van der Waals surface area contributed by atoms with Gasteiger partial charge in [-0.1, -0.05) is 19.1 Å². The maximum absolute atomic E-state index is 11.6. The van der Waals surface area contributed by atoms with Crippen LogP contribution in [0.4, 0.5) is 0 Å². The molecule has 0 spiro atoms. The first-order valence-corrected chi connectivity index (χ1v) is 6.32. The molecule has 12 heteroatoms. The van der Waals surface area contributed by atoms with Gasteiger partial charge in [-0.25, -0.2) is 4.79 Å². The Hall–Kier alpha value is -2.39. The Labute approximate surface area is 194 Å². The predicted octanol–water partition coefficient (Wildman–Crippen LogP) is 1.95. The maximum atomic E-state index is 11.6. The Balaban J connectivity index is -0.0000000498. The second-order valence-corrected chi connectivity index (χ2v) is 3.23. The van der Waals surface area contributed by atoms with Crippen molar-refractivity contribution >= 4 is 11.9 Å². The third kappa shape index (κ3) is 36.5. The SMILES string of the molecule is CCCOC(=O)c1ccccc1OC(C)=O.[C-]#[O+].[C-]#[O+].[C-]#[O+].[C-]#[O+].[C-]#[O+].[C-]#[O+].[Co].[Co]. The van der Waals surface area contributed by atoms with E-state index in [1.54, 1.807) is 24.3 Å². The third-order valence-corrected chi connectivity index (χ3v) is 1.80. The van der Waals surface area contributed by atoms with E-state index in [1.807, 2.05) is 6.92 Å². The normalized spacial score (nSPS) is 5.53. The molecule has 0 unspecified atom stereocenters. The molecule has 0 saturated heterocycles. The summed E-state index contributed by atoms with van der Waals surface area (Å²) in [6, 6.07) is 6.50. The molecule has 0 heterocycles. The van der Waals surface area contributed by atoms with E-state index >= 15 is 0 Å². The fourth-order valence-corrected chi connectivity index (χ4v) is 1.15. The number of rotatable bonds is 4. The minimum Gasteiger partial charge on any atom is 0 e. The van der Waals surface area contributed by atoms with Gasteiger partial charge in [-0.2, -0.15) is 0 Å². The minimum atomic E-state index is -0.473. The van der Waals surface area contributed by atoms with Crippen LogP contribution in [0.3, 0.4) is 0 Å². The van der Waals surface area contributed by atoms with Crippen molar-refractivity contribution in [3.63, 3.8) is 0 Å². The molecule has 30 heavy (non-hydrogen) atoms. The molecule has 0 aliphatic heterocycles. The number of carbonyl (C=O) groups is 2. The van der Waals surface area contributed by atoms with E-state index in [2.05, 4.69) is 39.9 Å². The summed E-state index contributed by atoms with van der Waals surface area (Å²) in [6.07, 6.45) is 0.751. The van der Waals surface area contributed by atoms with E-state index in [9.17, 15) is 9.59 Å². The van der Waals surface area contributed by atoms with Crippen LogP contribution in [0.25, 0.3) is 0 Å². The Morgan fingerprint density at radius 3 is 1.50 bits per heavy atom. The van der Waals surface area contributed by atoms with Gasteiger partial charge in [0.1, 0.15) is 11.3 Å². The fourth-order valence-electron chi connectivity index (χ4n) is 1.15. The van der Waals surface area contributed by atoms with Crippen molar-refractivity contribution in [3.05, 3.63) is 69.7 Å². The molecule has 0 saturated carbocycles. The summed E-state index contributed by atoms with van der Waals surface area (Å²) in [5.74, 6) is -0.703. The quantitative estimate of drug-likeness (QED) is 0.262. The van der Waals surface area contributed by atoms with Crippen molar-refractivity contribution < 1.29 is 80.5 Å². The van der Waals surface area contributed by atoms with Crippen LogP contribution < -0.4 is 4.74 Å². The number of hydrogen-bond acceptors (Lipinski definition) is 4. The van der Waals surface area contributed by atoms with Crippen LogP contribution in [0.15, 0.2) is 24.3 Å². The molecular formula is C18H14Co2O10. The summed E-state index contributed by atoms with van der Waals surface area (Å²) >= 11 is 0. The Morgan fingerprint density at radius 2 is 1.17 bits per heavy atom. The molecule has 0 bridgehead atoms. The van der Waals surface area contributed by atoms with Crippen molar-refractivity contribution in [3.8, 4) is 5.75 Å². The number of benzene rings is 1. The monoisotopic (exact) mass is 508 g/mol. The van der Waals surface area contributed by atoms with E-state index < -0.39 is 11.9 Å². The zero-order valence-corrected chi connectivity index (χ0v) is 17.6. The molecule has 0 aliphatic carbocycles. The van der Waals surface area contributed by atoms with Gasteiger partial charge in [-0.3, -0.25) is 4.79 Å². The zero-order valence-electron chi connectivity index (χ0n) is 15.5. The summed E-state index contributed by atoms with van der Waals surface area (Å²) < 4.78 is 54.9. The van der Waals surface area contributed by atoms with Gasteiger partial charge in [0.25, 0.3) is 0 Å². The van der Waals surface area contributed by atoms with E-state index in [-0.39, 0.29) is 44.9 Å². The first-order valence-electron chi connectivity index (χ1n) is 6.32. The van der Waals surface area contributed by atoms with Gasteiger partial charge in [0.15, 0.2) is 0 Å². The van der Waals surface area contributed by atoms with Gasteiger partial charge in [-0.05, 0) is 18.6 Å². The fraction of sp³-hybridized carbons (Fsp3) is 0.222. The first-order chi connectivity index (χ1) is 13.6. The Kier molecular flexibility index (Phi) is 95.4. The summed E-state index contributed by atoms with van der Waals surface area (Å²) in [4.78, 5) is 22.4. The average Bonchev–Trinajstić information content (AvgIpc) is 2.80. The molecule has 0 aliphatic rings. The largest absolute Gasteiger partial charge is 0 e. The summed E-state index contributed by atoms with van der Waals surface area (Å²) in [6.45, 7) is 30.5. The topological polar surface area (TPSA) is 172 Å². The molecule has 0 amide bonds. The smallest absolute Gasteiger partial charge is 0 e. The van der Waals surface area contributed by atoms with Crippen LogP contribution >= 0.6 is 0 Å². The molecule has 164 valence electrons. The maximum Gasteiger partial charge on any atom is 0 e. The number of hydrogen-bond donors (Lipinski definition) is 0. The van der Waals surface area contributed by atoms with Crippen LogP contribution in [-0.2, 0) is 71.0 Å². The van der Waals surface area contributed by atoms with Crippen LogP contribution in [-0.4, -0.2) is 18.5 Å². The number of ether oxygens (including phenoxy) is 2. The van der Waals surface area contributed by atoms with Crippen LogP contribution in [0.5, 0.6) is 5.75 Å². The first kappa shape index (κ1) is 50.8. The zero-order chi connectivity index (χ0) is 24.0. The molecule has 2 radical (unpaired) electrons. The average molecular weight is 508 g/mol. The molecule has 0 aromatic heterocycles. The third-order valence-electron chi connectivity index (χ3n) is 1.80. The molecule has 10 nitrogen and oxygen atoms in total. The van der Waals surface area contributed by atoms with Crippen LogP contribution in [0.1, 0.15) is 30.6 Å². The number of para-hydroxylation sites is 1. The second-order valence-electron chi connectivity index (χ2n) is 3.23. The standard InChI is InChI=1S/C12H14O4.6CO.2Co/c1-3-8-15-12(14)10-6-4-5-7-11(10)16-9(2)13;6*1-2;;/h4-7H,3,8H2,1-2H3;;;;;;;;. The molecular weight excluding hydrogens is 494 g/mol. The van der Waals surface area contributed by atoms with Gasteiger partial charge < -0.3 is 9.47 Å². The van der Waals surface area contributed by atoms with Gasteiger partial charge in [0, 0.05) is 40.5 Å². The molecule has 1 aromatic carbocycles. The van der Waals surface area contributed by atoms with Crippen LogP contribution in [0, 0.1) is 39.9 Å². The van der Waals surface area contributed by atoms with Crippen LogP contribution in [0.2, 0.25) is 0 Å². The molecule has 0 N–H and O–H groups in total. The summed E-state index contributed by atoms with van der Waals surface area (Å²) in [5, 5.41) is 0. The number of esters is 2. The van der Waals surface area contributed by atoms with Gasteiger partial charge >= 0.3 is 79.8 Å². The van der Waals surface area contributed by atoms with Gasteiger partial charge in [0.2, 0.25) is 0 Å². The van der Waals surface area contributed by atoms with Crippen molar-refractivity contribution in [2.24, 2.45) is 0 Å². The molecule has 0 fully saturated rings. The van der Waals surface area contributed by atoms with E-state index in [0.717, 1.165) is 6.42 Å². The van der Waals surface area contributed by atoms with Crippen molar-refractivity contribution in [2.45, 2.75) is 20.3 Å². The molecule has 1 aromatic rings. The predicted molar refractivity (Wildman–Crippen MR) is 81.9 cm³/mol. The van der Waals surface area contributed by atoms with Crippen molar-refractivity contribution in [1.82, 2.24) is 0 Å². The van der Waals surface area contributed by atoms with Crippen molar-refractivity contribution in [1.29, 1.82) is 0 Å². The van der Waals surface area contributed by atoms with E-state index in [0.29, 0.717) is 6.61 Å². The Bertz CT molecular complexity index is 585. The van der Waals surface area contributed by atoms with Gasteiger partial charge in [0.05, 0.1) is 6.61 Å². The molecule has 0 atom stereocenters. The van der Waals surface area contributed by atoms with E-state index in [4.69, 9.17) is 37.4 Å². The molecule has 1 rings (SSSR count). The number of carbonyl (C=O) groups excluding carboxylic acids is 2. The Morgan fingerprint density at radius 1 is 0.800 bits per heavy atom. The van der Waals surface area contributed by atoms with E-state index in [1.165, 1.54) is 6.92 Å². The summed E-state index contributed by atoms with van der Waals surface area (Å²) in [5.41, 5.74) is 0.270. The second kappa shape index (κ2) is 56.3. The van der Waals surface area contributed by atoms with Crippen molar-refractivity contribution in [2.75, 3.05) is 6.61 Å². The minimum absolute atomic E-state index is 0. The summed E-state index contributed by atoms with van der Waals surface area (Å²) in [7, 11) is 0. The van der Waals surface area contributed by atoms with Gasteiger partial charge in [-0.15, -0.1) is 0 Å².